The third-order valence-electron chi connectivity index (χ3n) is 5.63. The molecule has 0 fully saturated rings. The highest BCUT2D eigenvalue weighted by Gasteiger charge is 2.38. The molecule has 12 nitrogen and oxygen atoms in total. The molecule has 2 heterocycles. The molecule has 0 saturated carbocycles. The monoisotopic (exact) mass is 651 g/mol. The first-order valence-corrected chi connectivity index (χ1v) is 13.4. The summed E-state index contributed by atoms with van der Waals surface area (Å²) in [7, 11) is 0. The molecule has 0 aromatic carbocycles. The number of hydrogen-bond acceptors (Lipinski definition) is 7. The number of nitrogens with one attached hydrogen (secondary N) is 2. The lowest BCUT2D eigenvalue weighted by Gasteiger charge is -2.19. The molecular formula is C25H41BrF3N9O3. The summed E-state index contributed by atoms with van der Waals surface area (Å²) in [6.45, 7) is 9.20. The number of aromatic nitrogens is 4. The van der Waals surface area contributed by atoms with Crippen molar-refractivity contribution in [2.24, 2.45) is 10.2 Å². The minimum Gasteiger partial charge on any atom is -1.00 e. The van der Waals surface area contributed by atoms with E-state index in [9.17, 15) is 22.8 Å². The fraction of sp³-hybridized carbons (Fsp3) is 0.680. The standard InChI is InChI=1S/C25H40F3N9O3.BrH/c1-5-6-7-8-13-35-16-17-36(14-9-11-30-21(38)25(26,27)28)22(35)34-33-19-18-32-37(20(19)29)15-10-12-31-23(39)40-24(2,3)4;/h16-18,29H,5-15H2,1-4H3,(H2,30,31,38,39);1H. The van der Waals surface area contributed by atoms with Gasteiger partial charge in [0.1, 0.15) is 5.60 Å². The first-order chi connectivity index (χ1) is 18.8. The molecule has 2 amide bonds. The highest BCUT2D eigenvalue weighted by atomic mass is 79.9. The van der Waals surface area contributed by atoms with Crippen LogP contribution in [0.4, 0.5) is 35.4 Å². The molecule has 0 bridgehead atoms. The second-order valence-corrected chi connectivity index (χ2v) is 10.3. The van der Waals surface area contributed by atoms with E-state index in [1.54, 1.807) is 36.2 Å². The van der Waals surface area contributed by atoms with Crippen molar-refractivity contribution in [3.05, 3.63) is 18.6 Å². The number of amides is 2. The molecule has 41 heavy (non-hydrogen) atoms. The summed E-state index contributed by atoms with van der Waals surface area (Å²) in [4.78, 5) is 22.8. The van der Waals surface area contributed by atoms with Crippen molar-refractivity contribution >= 4 is 29.5 Å². The Balaban J connectivity index is 0.00000840. The molecule has 0 unspecified atom stereocenters. The van der Waals surface area contributed by atoms with Crippen LogP contribution in [0.15, 0.2) is 28.8 Å². The van der Waals surface area contributed by atoms with Crippen LogP contribution in [0.1, 0.15) is 66.2 Å². The second-order valence-electron chi connectivity index (χ2n) is 10.3. The number of carbonyl (C=O) groups is 2. The maximum atomic E-state index is 12.4. The van der Waals surface area contributed by atoms with Gasteiger partial charge in [-0.05, 0) is 40.0 Å². The number of nitrogen functional groups attached to an aromatic ring is 1. The molecule has 0 aliphatic rings. The number of rotatable bonds is 15. The van der Waals surface area contributed by atoms with Gasteiger partial charge < -0.3 is 38.1 Å². The van der Waals surface area contributed by atoms with Crippen LogP contribution < -0.4 is 37.9 Å². The number of anilines is 1. The van der Waals surface area contributed by atoms with Crippen LogP contribution in [0, 0.1) is 0 Å². The normalized spacial score (nSPS) is 11.9. The van der Waals surface area contributed by atoms with Crippen LogP contribution in [-0.4, -0.2) is 51.2 Å². The zero-order valence-electron chi connectivity index (χ0n) is 24.0. The third-order valence-corrected chi connectivity index (χ3v) is 5.63. The van der Waals surface area contributed by atoms with E-state index in [-0.39, 0.29) is 29.9 Å². The molecule has 0 radical (unpaired) electrons. The van der Waals surface area contributed by atoms with Crippen LogP contribution in [0.25, 0.3) is 0 Å². The summed E-state index contributed by atoms with van der Waals surface area (Å²) in [5.74, 6) is -1.14. The van der Waals surface area contributed by atoms with Gasteiger partial charge >= 0.3 is 24.1 Å². The van der Waals surface area contributed by atoms with Crippen molar-refractivity contribution in [3.8, 4) is 0 Å². The second kappa shape index (κ2) is 16.9. The zero-order chi connectivity index (χ0) is 29.8. The lowest BCUT2D eigenvalue weighted by molar-refractivity contribution is -0.683. The number of azo groups is 1. The summed E-state index contributed by atoms with van der Waals surface area (Å²) < 4.78 is 47.7. The molecule has 16 heteroatoms. The Morgan fingerprint density at radius 1 is 1.05 bits per heavy atom. The van der Waals surface area contributed by atoms with Crippen LogP contribution in [0.5, 0.6) is 0 Å². The summed E-state index contributed by atoms with van der Waals surface area (Å²) in [5.41, 5.74) is 6.00. The summed E-state index contributed by atoms with van der Waals surface area (Å²) >= 11 is 0. The van der Waals surface area contributed by atoms with E-state index in [1.165, 1.54) is 6.20 Å². The van der Waals surface area contributed by atoms with E-state index in [0.717, 1.165) is 25.7 Å². The quantitative estimate of drug-likeness (QED) is 0.152. The topological polar surface area (TPSA) is 145 Å². The lowest BCUT2D eigenvalue weighted by Crippen LogP contribution is -3.00. The van der Waals surface area contributed by atoms with Crippen molar-refractivity contribution in [2.75, 3.05) is 18.8 Å². The van der Waals surface area contributed by atoms with Gasteiger partial charge in [0, 0.05) is 24.7 Å². The molecule has 2 rings (SSSR count). The van der Waals surface area contributed by atoms with Crippen molar-refractivity contribution in [3.63, 3.8) is 0 Å². The number of halogens is 4. The van der Waals surface area contributed by atoms with Gasteiger partial charge in [-0.3, -0.25) is 4.79 Å². The molecular weight excluding hydrogens is 611 g/mol. The van der Waals surface area contributed by atoms with Crippen molar-refractivity contribution < 1.29 is 49.0 Å². The Bertz CT molecular complexity index is 1130. The Morgan fingerprint density at radius 2 is 1.76 bits per heavy atom. The number of imidazole rings is 1. The molecule has 232 valence electrons. The van der Waals surface area contributed by atoms with Crippen molar-refractivity contribution in [1.29, 1.82) is 0 Å². The van der Waals surface area contributed by atoms with Gasteiger partial charge in [0.15, 0.2) is 11.5 Å². The molecule has 0 atom stereocenters. The minimum absolute atomic E-state index is 0. The third kappa shape index (κ3) is 12.9. The molecule has 0 spiro atoms. The van der Waals surface area contributed by atoms with Crippen LogP contribution in [-0.2, 0) is 29.2 Å². The van der Waals surface area contributed by atoms with E-state index in [4.69, 9.17) is 10.5 Å². The summed E-state index contributed by atoms with van der Waals surface area (Å²) in [6, 6.07) is 0. The smallest absolute Gasteiger partial charge is 0.471 e. The number of carbonyl (C=O) groups excluding carboxylic acids is 2. The molecule has 4 N–H and O–H groups in total. The maximum absolute atomic E-state index is 12.4. The van der Waals surface area contributed by atoms with E-state index in [0.29, 0.717) is 50.1 Å². The van der Waals surface area contributed by atoms with Gasteiger partial charge in [0.25, 0.3) is 0 Å². The number of alkyl halides is 3. The SMILES string of the molecule is CCCCCCn1cc[n+](CCCNC(=O)C(F)(F)F)c1/N=N/c1cnn(CCCNC(=O)OC(C)(C)C)c1N.[Br-]. The maximum Gasteiger partial charge on any atom is 0.471 e. The number of nitrogens with zero attached hydrogens (tertiary/aromatic N) is 6. The predicted molar refractivity (Wildman–Crippen MR) is 142 cm³/mol. The first-order valence-electron chi connectivity index (χ1n) is 13.4. The lowest BCUT2D eigenvalue weighted by atomic mass is 10.2. The first kappa shape index (κ1) is 35.9. The summed E-state index contributed by atoms with van der Waals surface area (Å²) in [6.07, 6.45) is 4.75. The molecule has 0 aliphatic heterocycles. The van der Waals surface area contributed by atoms with Crippen LogP contribution >= 0.6 is 0 Å². The van der Waals surface area contributed by atoms with Crippen molar-refractivity contribution in [1.82, 2.24) is 25.0 Å². The van der Waals surface area contributed by atoms with E-state index >= 15 is 0 Å². The number of nitrogens with two attached hydrogens (primary N) is 1. The van der Waals surface area contributed by atoms with Crippen LogP contribution in [0.2, 0.25) is 0 Å². The Labute approximate surface area is 248 Å². The van der Waals surface area contributed by atoms with E-state index in [2.05, 4.69) is 27.6 Å². The Kier molecular flexibility index (Phi) is 14.8. The minimum atomic E-state index is -4.91. The van der Waals surface area contributed by atoms with Crippen molar-refractivity contribution in [2.45, 2.75) is 97.6 Å². The van der Waals surface area contributed by atoms with E-state index < -0.39 is 23.8 Å². The predicted octanol–water partition coefficient (Wildman–Crippen LogP) is 1.54. The number of ether oxygens (including phenoxy) is 1. The Hall–Kier alpha value is -3.17. The molecule has 0 saturated heterocycles. The van der Waals surface area contributed by atoms with Gasteiger partial charge in [-0.2, -0.15) is 18.3 Å². The zero-order valence-corrected chi connectivity index (χ0v) is 25.6. The van der Waals surface area contributed by atoms with Gasteiger partial charge in [0.05, 0.1) is 31.7 Å². The van der Waals surface area contributed by atoms with Gasteiger partial charge in [-0.15, -0.1) is 0 Å². The molecule has 2 aromatic rings. The van der Waals surface area contributed by atoms with Gasteiger partial charge in [0.2, 0.25) is 0 Å². The average molecular weight is 653 g/mol. The number of aryl methyl sites for hydroxylation is 3. The van der Waals surface area contributed by atoms with Gasteiger partial charge in [-0.1, -0.05) is 31.3 Å². The number of alkyl carbamates (subject to hydrolysis) is 1. The van der Waals surface area contributed by atoms with E-state index in [1.807, 2.05) is 16.1 Å². The fourth-order valence-electron chi connectivity index (χ4n) is 3.66. The van der Waals surface area contributed by atoms with Crippen LogP contribution in [0.3, 0.4) is 0 Å². The molecule has 2 aromatic heterocycles. The van der Waals surface area contributed by atoms with Gasteiger partial charge in [-0.25, -0.2) is 18.6 Å². The summed E-state index contributed by atoms with van der Waals surface area (Å²) in [5, 5.41) is 17.5. The highest BCUT2D eigenvalue weighted by molar-refractivity contribution is 5.81. The largest absolute Gasteiger partial charge is 1.00 e. The number of unbranched alkanes of at least 4 members (excludes halogenated alkanes) is 3. The Morgan fingerprint density at radius 3 is 2.41 bits per heavy atom. The number of hydrogen-bond donors (Lipinski definition) is 3. The average Bonchev–Trinajstić information content (AvgIpc) is 3.41. The highest BCUT2D eigenvalue weighted by Crippen LogP contribution is 2.24. The fourth-order valence-corrected chi connectivity index (χ4v) is 3.66. The molecule has 0 aliphatic carbocycles.